The average Bonchev–Trinajstić information content (AvgIpc) is 2.67. The summed E-state index contributed by atoms with van der Waals surface area (Å²) in [6, 6.07) is 6.67. The standard InChI is InChI=1S/C21H36FN5.HI/c1-5-23-21(25(4)17-19-7-9-20(22)10-8-19)24-15-18(3)16-27-13-11-26(6-2)12-14-27;/h7-10,18H,5-6,11-17H2,1-4H3,(H,23,24);1H. The van der Waals surface area contributed by atoms with Crippen LogP contribution in [0.3, 0.4) is 0 Å². The molecule has 1 aliphatic heterocycles. The Morgan fingerprint density at radius 1 is 1.14 bits per heavy atom. The largest absolute Gasteiger partial charge is 0.357 e. The zero-order valence-corrected chi connectivity index (χ0v) is 20.2. The zero-order valence-electron chi connectivity index (χ0n) is 17.8. The summed E-state index contributed by atoms with van der Waals surface area (Å²) >= 11 is 0. The molecule has 1 saturated heterocycles. The molecule has 2 rings (SSSR count). The highest BCUT2D eigenvalue weighted by atomic mass is 127. The minimum Gasteiger partial charge on any atom is -0.357 e. The minimum absolute atomic E-state index is 0. The number of aliphatic imine (C=N–C) groups is 1. The Kier molecular flexibility index (Phi) is 11.9. The summed E-state index contributed by atoms with van der Waals surface area (Å²) in [4.78, 5) is 12.0. The second kappa shape index (κ2) is 13.3. The lowest BCUT2D eigenvalue weighted by Crippen LogP contribution is -2.47. The van der Waals surface area contributed by atoms with Crippen LogP contribution < -0.4 is 5.32 Å². The molecule has 1 atom stereocenters. The first-order chi connectivity index (χ1) is 13.0. The summed E-state index contributed by atoms with van der Waals surface area (Å²) in [6.45, 7) is 15.9. The maximum absolute atomic E-state index is 13.1. The van der Waals surface area contributed by atoms with Crippen molar-refractivity contribution in [1.29, 1.82) is 0 Å². The second-order valence-electron chi connectivity index (χ2n) is 7.52. The maximum Gasteiger partial charge on any atom is 0.193 e. The quantitative estimate of drug-likeness (QED) is 0.335. The number of halogens is 2. The topological polar surface area (TPSA) is 34.1 Å². The van der Waals surface area contributed by atoms with E-state index in [1.54, 1.807) is 0 Å². The van der Waals surface area contributed by atoms with E-state index in [-0.39, 0.29) is 29.8 Å². The fourth-order valence-corrected chi connectivity index (χ4v) is 3.44. The predicted octanol–water partition coefficient (Wildman–Crippen LogP) is 3.11. The summed E-state index contributed by atoms with van der Waals surface area (Å²) in [5.74, 6) is 1.23. The van der Waals surface area contributed by atoms with E-state index in [1.165, 1.54) is 25.2 Å². The summed E-state index contributed by atoms with van der Waals surface area (Å²) in [5.41, 5.74) is 1.08. The molecule has 1 N–H and O–H groups in total. The van der Waals surface area contributed by atoms with Crippen LogP contribution in [0.5, 0.6) is 0 Å². The number of hydrogen-bond acceptors (Lipinski definition) is 3. The molecule has 0 aliphatic carbocycles. The van der Waals surface area contributed by atoms with Gasteiger partial charge < -0.3 is 20.0 Å². The van der Waals surface area contributed by atoms with Gasteiger partial charge in [0.25, 0.3) is 0 Å². The van der Waals surface area contributed by atoms with Gasteiger partial charge in [-0.1, -0.05) is 26.0 Å². The van der Waals surface area contributed by atoms with Gasteiger partial charge in [0.2, 0.25) is 0 Å². The van der Waals surface area contributed by atoms with Gasteiger partial charge in [-0.05, 0) is 37.1 Å². The highest BCUT2D eigenvalue weighted by molar-refractivity contribution is 14.0. The van der Waals surface area contributed by atoms with E-state index in [2.05, 4.69) is 40.8 Å². The van der Waals surface area contributed by atoms with Gasteiger partial charge in [0, 0.05) is 59.4 Å². The van der Waals surface area contributed by atoms with Crippen molar-refractivity contribution in [2.75, 3.05) is 59.4 Å². The Balaban J connectivity index is 0.00000392. The van der Waals surface area contributed by atoms with E-state index in [4.69, 9.17) is 4.99 Å². The van der Waals surface area contributed by atoms with Crippen LogP contribution >= 0.6 is 24.0 Å². The van der Waals surface area contributed by atoms with Crippen LogP contribution in [0.4, 0.5) is 4.39 Å². The van der Waals surface area contributed by atoms with Crippen LogP contribution in [0, 0.1) is 11.7 Å². The van der Waals surface area contributed by atoms with Gasteiger partial charge in [-0.15, -0.1) is 24.0 Å². The van der Waals surface area contributed by atoms with E-state index in [1.807, 2.05) is 19.2 Å². The molecule has 160 valence electrons. The molecule has 1 fully saturated rings. The van der Waals surface area contributed by atoms with Gasteiger partial charge in [0.05, 0.1) is 0 Å². The van der Waals surface area contributed by atoms with Crippen LogP contribution in [0.2, 0.25) is 0 Å². The molecule has 28 heavy (non-hydrogen) atoms. The van der Waals surface area contributed by atoms with Gasteiger partial charge in [-0.25, -0.2) is 4.39 Å². The predicted molar refractivity (Wildman–Crippen MR) is 127 cm³/mol. The first-order valence-electron chi connectivity index (χ1n) is 10.2. The van der Waals surface area contributed by atoms with Gasteiger partial charge >= 0.3 is 0 Å². The van der Waals surface area contributed by atoms with E-state index in [0.29, 0.717) is 12.5 Å². The molecule has 1 aliphatic rings. The molecule has 1 aromatic rings. The normalized spacial score (nSPS) is 17.1. The average molecular weight is 505 g/mol. The SMILES string of the molecule is CCNC(=NCC(C)CN1CCN(CC)CC1)N(C)Cc1ccc(F)cc1.I. The van der Waals surface area contributed by atoms with Gasteiger partial charge in [0.1, 0.15) is 5.82 Å². The molecule has 1 aromatic carbocycles. The molecule has 0 spiro atoms. The molecule has 1 heterocycles. The van der Waals surface area contributed by atoms with E-state index >= 15 is 0 Å². The maximum atomic E-state index is 13.1. The molecule has 0 radical (unpaired) electrons. The smallest absolute Gasteiger partial charge is 0.193 e. The van der Waals surface area contributed by atoms with Gasteiger partial charge in [-0.3, -0.25) is 4.99 Å². The Bertz CT molecular complexity index is 573. The number of guanidine groups is 1. The number of nitrogens with one attached hydrogen (secondary N) is 1. The molecule has 5 nitrogen and oxygen atoms in total. The van der Waals surface area contributed by atoms with Gasteiger partial charge in [-0.2, -0.15) is 0 Å². The van der Waals surface area contributed by atoms with Crippen molar-refractivity contribution in [3.05, 3.63) is 35.6 Å². The highest BCUT2D eigenvalue weighted by Gasteiger charge is 2.17. The van der Waals surface area contributed by atoms with Crippen molar-refractivity contribution < 1.29 is 4.39 Å². The fourth-order valence-electron chi connectivity index (χ4n) is 3.44. The molecular weight excluding hydrogens is 468 g/mol. The first kappa shape index (κ1) is 25.1. The van der Waals surface area contributed by atoms with E-state index < -0.39 is 0 Å². The van der Waals surface area contributed by atoms with Crippen molar-refractivity contribution >= 4 is 29.9 Å². The number of piperazine rings is 1. The van der Waals surface area contributed by atoms with Crippen LogP contribution in [0.25, 0.3) is 0 Å². The molecule has 0 amide bonds. The number of benzene rings is 1. The van der Waals surface area contributed by atoms with Crippen molar-refractivity contribution in [1.82, 2.24) is 20.0 Å². The summed E-state index contributed by atoms with van der Waals surface area (Å²) < 4.78 is 13.1. The summed E-state index contributed by atoms with van der Waals surface area (Å²) in [7, 11) is 2.03. The molecule has 0 bridgehead atoms. The Morgan fingerprint density at radius 3 is 2.32 bits per heavy atom. The molecule has 0 aromatic heterocycles. The van der Waals surface area contributed by atoms with Crippen LogP contribution in [-0.2, 0) is 6.54 Å². The van der Waals surface area contributed by atoms with Crippen molar-refractivity contribution in [3.63, 3.8) is 0 Å². The zero-order chi connectivity index (χ0) is 19.6. The first-order valence-corrected chi connectivity index (χ1v) is 10.2. The van der Waals surface area contributed by atoms with Crippen LogP contribution in [-0.4, -0.2) is 80.1 Å². The van der Waals surface area contributed by atoms with Crippen molar-refractivity contribution in [3.8, 4) is 0 Å². The monoisotopic (exact) mass is 505 g/mol. The summed E-state index contributed by atoms with van der Waals surface area (Å²) in [6.07, 6.45) is 0. The van der Waals surface area contributed by atoms with Crippen molar-refractivity contribution in [2.24, 2.45) is 10.9 Å². The molecular formula is C21H37FIN5. The molecule has 7 heteroatoms. The van der Waals surface area contributed by atoms with Crippen LogP contribution in [0.1, 0.15) is 26.3 Å². The lowest BCUT2D eigenvalue weighted by Gasteiger charge is -2.35. The fraction of sp³-hybridized carbons (Fsp3) is 0.667. The summed E-state index contributed by atoms with van der Waals surface area (Å²) in [5, 5.41) is 3.37. The minimum atomic E-state index is -0.199. The number of likely N-dealkylation sites (N-methyl/N-ethyl adjacent to an activating group) is 1. The third kappa shape index (κ3) is 8.61. The van der Waals surface area contributed by atoms with E-state index in [9.17, 15) is 4.39 Å². The number of rotatable bonds is 8. The molecule has 1 unspecified atom stereocenters. The Morgan fingerprint density at radius 2 is 1.75 bits per heavy atom. The lowest BCUT2D eigenvalue weighted by molar-refractivity contribution is 0.125. The number of nitrogens with zero attached hydrogens (tertiary/aromatic N) is 4. The Hall–Kier alpha value is -0.930. The molecule has 0 saturated carbocycles. The Labute approximate surface area is 187 Å². The second-order valence-corrected chi connectivity index (χ2v) is 7.52. The third-order valence-corrected chi connectivity index (χ3v) is 5.06. The van der Waals surface area contributed by atoms with Crippen LogP contribution in [0.15, 0.2) is 29.3 Å². The lowest BCUT2D eigenvalue weighted by atomic mass is 10.1. The van der Waals surface area contributed by atoms with Crippen molar-refractivity contribution in [2.45, 2.75) is 27.3 Å². The third-order valence-electron chi connectivity index (χ3n) is 5.06. The van der Waals surface area contributed by atoms with Gasteiger partial charge in [0.15, 0.2) is 5.96 Å². The number of hydrogen-bond donors (Lipinski definition) is 1. The van der Waals surface area contributed by atoms with E-state index in [0.717, 1.165) is 50.8 Å². The highest BCUT2D eigenvalue weighted by Crippen LogP contribution is 2.08.